The van der Waals surface area contributed by atoms with Crippen LogP contribution in [0.4, 0.5) is 10.3 Å². The maximum absolute atomic E-state index is 14.1. The van der Waals surface area contributed by atoms with Gasteiger partial charge in [-0.05, 0) is 31.5 Å². The van der Waals surface area contributed by atoms with Gasteiger partial charge in [-0.2, -0.15) is 0 Å². The number of halogens is 1. The molecule has 0 aliphatic carbocycles. The minimum absolute atomic E-state index is 0.191. The Bertz CT molecular complexity index is 808. The highest BCUT2D eigenvalue weighted by atomic mass is 19.1. The molecule has 4 heteroatoms. The quantitative estimate of drug-likeness (QED) is 0.760. The van der Waals surface area contributed by atoms with Crippen LogP contribution in [0, 0.1) is 19.7 Å². The summed E-state index contributed by atoms with van der Waals surface area (Å²) in [5, 5.41) is 3.95. The van der Waals surface area contributed by atoms with Gasteiger partial charge in [0, 0.05) is 5.56 Å². The highest BCUT2D eigenvalue weighted by Gasteiger charge is 2.20. The number of rotatable bonds is 2. The fraction of sp³-hybridized carbons (Fsp3) is 0.118. The number of aryl methyl sites for hydroxylation is 2. The molecule has 0 saturated carbocycles. The fourth-order valence-electron chi connectivity index (χ4n) is 2.39. The minimum atomic E-state index is -0.345. The maximum Gasteiger partial charge on any atom is 0.230 e. The lowest BCUT2D eigenvalue weighted by molar-refractivity contribution is 0.439. The summed E-state index contributed by atoms with van der Waals surface area (Å²) < 4.78 is 19.2. The van der Waals surface area contributed by atoms with Gasteiger partial charge in [0.25, 0.3) is 0 Å². The van der Waals surface area contributed by atoms with E-state index in [4.69, 9.17) is 10.3 Å². The first-order valence-electron chi connectivity index (χ1n) is 6.65. The Morgan fingerprint density at radius 1 is 1.05 bits per heavy atom. The molecule has 0 amide bonds. The Morgan fingerprint density at radius 3 is 2.57 bits per heavy atom. The highest BCUT2D eigenvalue weighted by Crippen LogP contribution is 2.37. The summed E-state index contributed by atoms with van der Waals surface area (Å²) in [7, 11) is 0. The van der Waals surface area contributed by atoms with Gasteiger partial charge in [0.1, 0.15) is 11.5 Å². The molecule has 1 heterocycles. The lowest BCUT2D eigenvalue weighted by Crippen LogP contribution is -1.91. The molecule has 2 N–H and O–H groups in total. The van der Waals surface area contributed by atoms with E-state index in [1.54, 1.807) is 12.1 Å². The molecular weight excluding hydrogens is 267 g/mol. The standard InChI is InChI=1S/C17H15FN2O/c1-10-4-3-5-12(8-10)15-16(20-21-17(15)19)13-9-11(2)6-7-14(13)18/h3-9H,19H2,1-2H3. The van der Waals surface area contributed by atoms with Crippen LogP contribution >= 0.6 is 0 Å². The van der Waals surface area contributed by atoms with E-state index < -0.39 is 0 Å². The molecule has 2 aromatic carbocycles. The van der Waals surface area contributed by atoms with Gasteiger partial charge in [0.05, 0.1) is 5.56 Å². The van der Waals surface area contributed by atoms with Crippen molar-refractivity contribution in [3.8, 4) is 22.4 Å². The molecular formula is C17H15FN2O. The Balaban J connectivity index is 2.24. The van der Waals surface area contributed by atoms with Crippen LogP contribution in [-0.4, -0.2) is 5.16 Å². The molecule has 0 atom stereocenters. The molecule has 0 bridgehead atoms. The van der Waals surface area contributed by atoms with Crippen molar-refractivity contribution in [1.82, 2.24) is 5.16 Å². The van der Waals surface area contributed by atoms with Crippen LogP contribution in [0.5, 0.6) is 0 Å². The summed E-state index contributed by atoms with van der Waals surface area (Å²) >= 11 is 0. The minimum Gasteiger partial charge on any atom is -0.367 e. The van der Waals surface area contributed by atoms with Crippen LogP contribution in [-0.2, 0) is 0 Å². The zero-order valence-electron chi connectivity index (χ0n) is 11.9. The average molecular weight is 282 g/mol. The van der Waals surface area contributed by atoms with Crippen LogP contribution in [0.25, 0.3) is 22.4 Å². The van der Waals surface area contributed by atoms with E-state index in [1.165, 1.54) is 6.07 Å². The van der Waals surface area contributed by atoms with Crippen LogP contribution in [0.2, 0.25) is 0 Å². The summed E-state index contributed by atoms with van der Waals surface area (Å²) in [5.41, 5.74) is 10.3. The van der Waals surface area contributed by atoms with Crippen molar-refractivity contribution in [1.29, 1.82) is 0 Å². The zero-order valence-corrected chi connectivity index (χ0v) is 11.9. The number of benzene rings is 2. The summed E-state index contributed by atoms with van der Waals surface area (Å²) in [4.78, 5) is 0. The first kappa shape index (κ1) is 13.4. The Hall–Kier alpha value is -2.62. The predicted octanol–water partition coefficient (Wildman–Crippen LogP) is 4.35. The van der Waals surface area contributed by atoms with Crippen molar-refractivity contribution in [2.75, 3.05) is 5.73 Å². The molecule has 0 spiro atoms. The van der Waals surface area contributed by atoms with E-state index in [9.17, 15) is 4.39 Å². The van der Waals surface area contributed by atoms with Gasteiger partial charge in [0.2, 0.25) is 5.88 Å². The smallest absolute Gasteiger partial charge is 0.230 e. The zero-order chi connectivity index (χ0) is 15.0. The SMILES string of the molecule is Cc1cccc(-c2c(-c3cc(C)ccc3F)noc2N)c1. The van der Waals surface area contributed by atoms with Crippen molar-refractivity contribution in [2.24, 2.45) is 0 Å². The van der Waals surface area contributed by atoms with Crippen molar-refractivity contribution in [3.05, 3.63) is 59.4 Å². The van der Waals surface area contributed by atoms with Crippen LogP contribution in [0.15, 0.2) is 47.0 Å². The molecule has 106 valence electrons. The predicted molar refractivity (Wildman–Crippen MR) is 81.2 cm³/mol. The topological polar surface area (TPSA) is 52.0 Å². The van der Waals surface area contributed by atoms with E-state index in [-0.39, 0.29) is 11.7 Å². The largest absolute Gasteiger partial charge is 0.367 e. The Labute approximate surface area is 122 Å². The van der Waals surface area contributed by atoms with Crippen molar-refractivity contribution in [3.63, 3.8) is 0 Å². The van der Waals surface area contributed by atoms with Gasteiger partial charge in [-0.15, -0.1) is 0 Å². The number of nitrogens with zero attached hydrogens (tertiary/aromatic N) is 1. The summed E-state index contributed by atoms with van der Waals surface area (Å²) in [6.07, 6.45) is 0. The van der Waals surface area contributed by atoms with Gasteiger partial charge in [-0.25, -0.2) is 4.39 Å². The second-order valence-corrected chi connectivity index (χ2v) is 5.12. The third-order valence-corrected chi connectivity index (χ3v) is 3.40. The first-order valence-corrected chi connectivity index (χ1v) is 6.65. The van der Waals surface area contributed by atoms with Gasteiger partial charge < -0.3 is 10.3 Å². The highest BCUT2D eigenvalue weighted by molar-refractivity contribution is 5.87. The van der Waals surface area contributed by atoms with Crippen molar-refractivity contribution < 1.29 is 8.91 Å². The second kappa shape index (κ2) is 5.05. The van der Waals surface area contributed by atoms with E-state index in [0.29, 0.717) is 16.8 Å². The number of hydrogen-bond acceptors (Lipinski definition) is 3. The van der Waals surface area contributed by atoms with Gasteiger partial charge in [0.15, 0.2) is 0 Å². The molecule has 0 saturated heterocycles. The number of nitrogen functional groups attached to an aromatic ring is 1. The molecule has 3 rings (SSSR count). The summed E-state index contributed by atoms with van der Waals surface area (Å²) in [6, 6.07) is 12.7. The Kier molecular flexibility index (Phi) is 3.22. The molecule has 3 nitrogen and oxygen atoms in total. The third-order valence-electron chi connectivity index (χ3n) is 3.40. The third kappa shape index (κ3) is 2.40. The number of nitrogens with two attached hydrogens (primary N) is 1. The van der Waals surface area contributed by atoms with Gasteiger partial charge in [-0.3, -0.25) is 0 Å². The molecule has 0 aliphatic heterocycles. The molecule has 0 radical (unpaired) electrons. The van der Waals surface area contributed by atoms with E-state index in [0.717, 1.165) is 16.7 Å². The van der Waals surface area contributed by atoms with Gasteiger partial charge in [-0.1, -0.05) is 46.6 Å². The van der Waals surface area contributed by atoms with Crippen LogP contribution in [0.3, 0.4) is 0 Å². The van der Waals surface area contributed by atoms with Crippen LogP contribution < -0.4 is 5.73 Å². The Morgan fingerprint density at radius 2 is 1.81 bits per heavy atom. The first-order chi connectivity index (χ1) is 10.1. The van der Waals surface area contributed by atoms with E-state index in [2.05, 4.69) is 5.16 Å². The lowest BCUT2D eigenvalue weighted by Gasteiger charge is -2.06. The van der Waals surface area contributed by atoms with Gasteiger partial charge >= 0.3 is 0 Å². The molecule has 0 aliphatic rings. The summed E-state index contributed by atoms with van der Waals surface area (Å²) in [6.45, 7) is 3.89. The number of aromatic nitrogens is 1. The van der Waals surface area contributed by atoms with E-state index >= 15 is 0 Å². The molecule has 0 fully saturated rings. The number of anilines is 1. The fourth-order valence-corrected chi connectivity index (χ4v) is 2.39. The normalized spacial score (nSPS) is 10.8. The second-order valence-electron chi connectivity index (χ2n) is 5.12. The summed E-state index contributed by atoms with van der Waals surface area (Å²) in [5.74, 6) is -0.153. The van der Waals surface area contributed by atoms with Crippen molar-refractivity contribution in [2.45, 2.75) is 13.8 Å². The monoisotopic (exact) mass is 282 g/mol. The molecule has 1 aromatic heterocycles. The van der Waals surface area contributed by atoms with E-state index in [1.807, 2.05) is 38.1 Å². The van der Waals surface area contributed by atoms with Crippen molar-refractivity contribution >= 4 is 5.88 Å². The number of hydrogen-bond donors (Lipinski definition) is 1. The molecule has 21 heavy (non-hydrogen) atoms. The maximum atomic E-state index is 14.1. The molecule has 0 unspecified atom stereocenters. The lowest BCUT2D eigenvalue weighted by atomic mass is 9.98. The average Bonchev–Trinajstić information content (AvgIpc) is 2.83. The molecule has 3 aromatic rings. The van der Waals surface area contributed by atoms with Crippen LogP contribution in [0.1, 0.15) is 11.1 Å².